The lowest BCUT2D eigenvalue weighted by Gasteiger charge is -2.37. The van der Waals surface area contributed by atoms with Crippen LogP contribution >= 0.6 is 0 Å². The van der Waals surface area contributed by atoms with E-state index in [9.17, 15) is 19.5 Å². The Morgan fingerprint density at radius 1 is 1.04 bits per heavy atom. The number of fused-ring (bicyclic) bond motifs is 2. The van der Waals surface area contributed by atoms with Gasteiger partial charge >= 0.3 is 5.97 Å². The minimum Gasteiger partial charge on any atom is -0.497 e. The zero-order valence-electron chi connectivity index (χ0n) is 27.9. The van der Waals surface area contributed by atoms with Crippen molar-refractivity contribution in [3.8, 4) is 11.5 Å². The van der Waals surface area contributed by atoms with Crippen molar-refractivity contribution >= 4 is 36.7 Å². The molecule has 0 unspecified atom stereocenters. The Morgan fingerprint density at radius 3 is 2.39 bits per heavy atom. The summed E-state index contributed by atoms with van der Waals surface area (Å²) in [6.45, 7) is 7.65. The molecule has 0 bridgehead atoms. The second-order valence-corrected chi connectivity index (χ2v) is 18.0. The maximum absolute atomic E-state index is 14.8. The number of amides is 2. The number of ether oxygens (including phenoxy) is 4. The molecule has 10 nitrogen and oxygen atoms in total. The van der Waals surface area contributed by atoms with Crippen molar-refractivity contribution in [2.24, 2.45) is 5.92 Å². The number of hydrogen-bond donors (Lipinski definition) is 1. The van der Waals surface area contributed by atoms with Crippen molar-refractivity contribution in [1.29, 1.82) is 0 Å². The van der Waals surface area contributed by atoms with Gasteiger partial charge in [-0.15, -0.1) is 0 Å². The highest BCUT2D eigenvalue weighted by atomic mass is 28.3. The van der Waals surface area contributed by atoms with Gasteiger partial charge in [-0.2, -0.15) is 0 Å². The first-order valence-electron chi connectivity index (χ1n) is 16.3. The summed E-state index contributed by atoms with van der Waals surface area (Å²) >= 11 is 0. The third-order valence-electron chi connectivity index (χ3n) is 10.6. The predicted octanol–water partition coefficient (Wildman–Crippen LogP) is 3.98. The number of benzene rings is 2. The zero-order chi connectivity index (χ0) is 33.2. The van der Waals surface area contributed by atoms with Gasteiger partial charge in [0.1, 0.15) is 11.5 Å². The van der Waals surface area contributed by atoms with E-state index in [1.165, 1.54) is 12.3 Å². The molecule has 3 aliphatic rings. The van der Waals surface area contributed by atoms with Crippen LogP contribution in [0.15, 0.2) is 42.5 Å². The number of carbonyl (C=O) groups excluding carboxylic acids is 3. The van der Waals surface area contributed by atoms with E-state index in [0.717, 1.165) is 29.8 Å². The molecule has 0 saturated carbocycles. The molecule has 5 atom stereocenters. The Hall–Kier alpha value is -3.41. The molecular formula is C35H48N2O8Si. The van der Waals surface area contributed by atoms with Gasteiger partial charge < -0.3 is 33.9 Å². The Balaban J connectivity index is 1.56. The molecule has 1 spiro atoms. The molecule has 2 fully saturated rings. The molecular weight excluding hydrogens is 604 g/mol. The fraction of sp³-hybridized carbons (Fsp3) is 0.571. The Bertz CT molecular complexity index is 1430. The standard InChI is InChI=1S/C35H48N2O8Si/c1-23-33(46(5,6)27-15-12-25(42-2)13-16-27)30(21-31(39)36-19-9-10-24(36)22-38)45-35(23)28-20-26(43-3)14-17-29(28)37(34(35)41)18-8-7-11-32(40)44-4/h12-17,20,23-24,30,33,38H,7-11,18-19,21-22H2,1-6H3/t23-,24+,30+,33-,35+/m1/s1. The highest BCUT2D eigenvalue weighted by Gasteiger charge is 2.66. The van der Waals surface area contributed by atoms with Crippen LogP contribution in [0.1, 0.15) is 51.0 Å². The van der Waals surface area contributed by atoms with Crippen LogP contribution in [-0.2, 0) is 29.5 Å². The van der Waals surface area contributed by atoms with Gasteiger partial charge in [0.05, 0.1) is 60.3 Å². The van der Waals surface area contributed by atoms with Gasteiger partial charge in [-0.05, 0) is 61.6 Å². The molecule has 5 rings (SSSR count). The quantitative estimate of drug-likeness (QED) is 0.208. The first kappa shape index (κ1) is 33.9. The molecule has 1 N–H and O–H groups in total. The molecule has 0 aromatic heterocycles. The lowest BCUT2D eigenvalue weighted by molar-refractivity contribution is -0.150. The van der Waals surface area contributed by atoms with Gasteiger partial charge in [-0.3, -0.25) is 14.4 Å². The van der Waals surface area contributed by atoms with E-state index in [-0.39, 0.29) is 54.7 Å². The van der Waals surface area contributed by atoms with Gasteiger partial charge in [-0.1, -0.05) is 37.3 Å². The molecule has 2 aromatic carbocycles. The van der Waals surface area contributed by atoms with E-state index >= 15 is 0 Å². The molecule has 2 saturated heterocycles. The Morgan fingerprint density at radius 2 is 1.74 bits per heavy atom. The third-order valence-corrected chi connectivity index (χ3v) is 14.9. The monoisotopic (exact) mass is 652 g/mol. The van der Waals surface area contributed by atoms with E-state index < -0.39 is 19.8 Å². The minimum absolute atomic E-state index is 0.0497. The molecule has 46 heavy (non-hydrogen) atoms. The summed E-state index contributed by atoms with van der Waals surface area (Å²) in [4.78, 5) is 44.0. The number of methoxy groups -OCH3 is 3. The van der Waals surface area contributed by atoms with Crippen LogP contribution in [0.4, 0.5) is 5.69 Å². The highest BCUT2D eigenvalue weighted by molar-refractivity contribution is 6.91. The van der Waals surface area contributed by atoms with E-state index in [2.05, 4.69) is 32.2 Å². The number of aliphatic hydroxyl groups excluding tert-OH is 1. The molecule has 3 aliphatic heterocycles. The second kappa shape index (κ2) is 13.7. The molecule has 0 radical (unpaired) electrons. The molecule has 11 heteroatoms. The van der Waals surface area contributed by atoms with Crippen LogP contribution in [-0.4, -0.2) is 89.0 Å². The average molecular weight is 653 g/mol. The largest absolute Gasteiger partial charge is 0.497 e. The Kier molecular flexibility index (Phi) is 10.1. The smallest absolute Gasteiger partial charge is 0.305 e. The fourth-order valence-electron chi connectivity index (χ4n) is 8.13. The molecule has 0 aliphatic carbocycles. The van der Waals surface area contributed by atoms with Gasteiger partial charge in [0, 0.05) is 31.0 Å². The first-order valence-corrected chi connectivity index (χ1v) is 19.4. The number of anilines is 1. The van der Waals surface area contributed by atoms with Crippen LogP contribution in [0.5, 0.6) is 11.5 Å². The summed E-state index contributed by atoms with van der Waals surface area (Å²) in [5.41, 5.74) is 0.124. The van der Waals surface area contributed by atoms with Crippen LogP contribution in [0.3, 0.4) is 0 Å². The second-order valence-electron chi connectivity index (χ2n) is 13.3. The van der Waals surface area contributed by atoms with E-state index in [4.69, 9.17) is 18.9 Å². The van der Waals surface area contributed by atoms with E-state index in [1.54, 1.807) is 24.0 Å². The summed E-state index contributed by atoms with van der Waals surface area (Å²) in [5.74, 6) is 0.664. The SMILES string of the molecule is COC(=O)CCCCN1C(=O)[C@@]2(O[C@@H](CC(=O)N3CCC[C@H]3CO)[C@H]([Si](C)(C)c3ccc(OC)cc3)[C@H]2C)c2cc(OC)ccc21. The van der Waals surface area contributed by atoms with Gasteiger partial charge in [-0.25, -0.2) is 0 Å². The lowest BCUT2D eigenvalue weighted by atomic mass is 9.82. The zero-order valence-corrected chi connectivity index (χ0v) is 28.9. The lowest BCUT2D eigenvalue weighted by Crippen LogP contribution is -2.52. The first-order chi connectivity index (χ1) is 22.0. The van der Waals surface area contributed by atoms with Crippen LogP contribution in [0.25, 0.3) is 0 Å². The van der Waals surface area contributed by atoms with E-state index in [1.807, 2.05) is 30.3 Å². The molecule has 2 aromatic rings. The number of nitrogens with zero attached hydrogens (tertiary/aromatic N) is 2. The summed E-state index contributed by atoms with van der Waals surface area (Å²) in [6, 6.07) is 13.6. The molecule has 2 amide bonds. The number of likely N-dealkylation sites (tertiary alicyclic amines) is 1. The number of unbranched alkanes of at least 4 members (excludes halogenated alkanes) is 1. The van der Waals surface area contributed by atoms with Crippen molar-refractivity contribution < 1.29 is 38.4 Å². The summed E-state index contributed by atoms with van der Waals surface area (Å²) in [5, 5.41) is 11.2. The number of aliphatic hydroxyl groups is 1. The van der Waals surface area contributed by atoms with Crippen molar-refractivity contribution in [1.82, 2.24) is 4.90 Å². The summed E-state index contributed by atoms with van der Waals surface area (Å²) in [7, 11) is 2.19. The predicted molar refractivity (Wildman–Crippen MR) is 177 cm³/mol. The van der Waals surface area contributed by atoms with E-state index in [0.29, 0.717) is 31.7 Å². The molecule has 250 valence electrons. The normalized spacial score (nSPS) is 25.7. The molecule has 3 heterocycles. The maximum Gasteiger partial charge on any atom is 0.305 e. The fourth-order valence-corrected chi connectivity index (χ4v) is 12.1. The van der Waals surface area contributed by atoms with Crippen molar-refractivity contribution in [3.05, 3.63) is 48.0 Å². The number of esters is 1. The summed E-state index contributed by atoms with van der Waals surface area (Å²) < 4.78 is 23.0. The van der Waals surface area contributed by atoms with Crippen molar-refractivity contribution in [2.45, 2.75) is 81.8 Å². The third kappa shape index (κ3) is 5.93. The van der Waals surface area contributed by atoms with Crippen LogP contribution in [0.2, 0.25) is 18.6 Å². The van der Waals surface area contributed by atoms with Crippen LogP contribution in [0, 0.1) is 5.92 Å². The van der Waals surface area contributed by atoms with Gasteiger partial charge in [0.2, 0.25) is 5.91 Å². The number of carbonyl (C=O) groups is 3. The van der Waals surface area contributed by atoms with Crippen LogP contribution < -0.4 is 19.6 Å². The number of hydrogen-bond acceptors (Lipinski definition) is 8. The number of rotatable bonds is 12. The highest BCUT2D eigenvalue weighted by Crippen LogP contribution is 2.60. The minimum atomic E-state index is -2.43. The van der Waals surface area contributed by atoms with Crippen molar-refractivity contribution in [3.63, 3.8) is 0 Å². The van der Waals surface area contributed by atoms with Crippen molar-refractivity contribution in [2.75, 3.05) is 45.9 Å². The Labute approximate surface area is 272 Å². The summed E-state index contributed by atoms with van der Waals surface area (Å²) in [6.07, 6.45) is 2.73. The van der Waals surface area contributed by atoms with Gasteiger partial charge in [0.25, 0.3) is 5.91 Å². The maximum atomic E-state index is 14.8. The average Bonchev–Trinajstić information content (AvgIpc) is 3.73. The van der Waals surface area contributed by atoms with Gasteiger partial charge in [0.15, 0.2) is 5.60 Å². The topological polar surface area (TPSA) is 115 Å².